The maximum Gasteiger partial charge on any atom is 0.0437 e. The van der Waals surface area contributed by atoms with Crippen molar-refractivity contribution in [2.45, 2.75) is 31.4 Å². The van der Waals surface area contributed by atoms with Crippen LogP contribution in [0.25, 0.3) is 0 Å². The average molecular weight is 289 g/mol. The lowest BCUT2D eigenvalue weighted by Crippen LogP contribution is -2.00. The van der Waals surface area contributed by atoms with Gasteiger partial charge in [0.15, 0.2) is 0 Å². The minimum absolute atomic E-state index is 0.00159. The third kappa shape index (κ3) is 4.52. The molecule has 0 heterocycles. The smallest absolute Gasteiger partial charge is 0.0437 e. The topological polar surface area (TPSA) is 0 Å². The van der Waals surface area contributed by atoms with E-state index >= 15 is 0 Å². The van der Waals surface area contributed by atoms with Gasteiger partial charge < -0.3 is 0 Å². The van der Waals surface area contributed by atoms with Gasteiger partial charge in [-0.2, -0.15) is 0 Å². The largest absolute Gasteiger partial charge is 0.0840 e. The second-order valence-electron chi connectivity index (χ2n) is 5.15. The Morgan fingerprint density at radius 3 is 2.42 bits per heavy atom. The number of halogens is 1. The van der Waals surface area contributed by atoms with Crippen LogP contribution in [0.2, 0.25) is 17.1 Å². The molecule has 0 radical (unpaired) electrons. The second kappa shape index (κ2) is 7.52. The molecule has 0 aliphatic rings. The molecule has 0 saturated carbocycles. The zero-order valence-corrected chi connectivity index (χ0v) is 13.7. The van der Waals surface area contributed by atoms with Crippen molar-refractivity contribution in [3.63, 3.8) is 0 Å². The first kappa shape index (κ1) is 14.4. The number of rotatable bonds is 6. The number of benzene rings is 2. The molecule has 0 aromatic heterocycles. The monoisotopic (exact) mass is 288 g/mol. The molecule has 1 unspecified atom stereocenters. The quantitative estimate of drug-likeness (QED) is 0.534. The molecule has 0 bridgehead atoms. The highest BCUT2D eigenvalue weighted by atomic mass is 35.5. The van der Waals surface area contributed by atoms with Crippen molar-refractivity contribution < 1.29 is 0 Å². The molecule has 0 N–H and O–H groups in total. The Balaban J connectivity index is 1.74. The molecule has 0 nitrogen and oxygen atoms in total. The fraction of sp³-hybridized carbons (Fsp3) is 0.294. The first-order valence-corrected chi connectivity index (χ1v) is 9.43. The van der Waals surface area contributed by atoms with E-state index in [1.807, 2.05) is 12.1 Å². The van der Waals surface area contributed by atoms with E-state index in [-0.39, 0.29) is 9.52 Å². The predicted octanol–water partition coefficient (Wildman–Crippen LogP) is 4.69. The summed E-state index contributed by atoms with van der Waals surface area (Å²) < 4.78 is 0. The van der Waals surface area contributed by atoms with Crippen LogP contribution in [0, 0.1) is 0 Å². The standard InChI is InChI=1S/C17H21ClSi/c1-14(15-7-3-2-4-8-15)13-19-12-11-16-9-5-6-10-17(16)18/h2-10,14H,11-13,19H2,1H3. The van der Waals surface area contributed by atoms with Crippen molar-refractivity contribution >= 4 is 21.1 Å². The average Bonchev–Trinajstić information content (AvgIpc) is 2.46. The van der Waals surface area contributed by atoms with Crippen LogP contribution in [-0.2, 0) is 6.42 Å². The second-order valence-corrected chi connectivity index (χ2v) is 7.55. The minimum Gasteiger partial charge on any atom is -0.0840 e. The van der Waals surface area contributed by atoms with E-state index in [4.69, 9.17) is 11.6 Å². The first-order chi connectivity index (χ1) is 9.27. The van der Waals surface area contributed by atoms with E-state index in [9.17, 15) is 0 Å². The zero-order chi connectivity index (χ0) is 13.5. The van der Waals surface area contributed by atoms with Crippen LogP contribution in [0.4, 0.5) is 0 Å². The lowest BCUT2D eigenvalue weighted by atomic mass is 10.0. The van der Waals surface area contributed by atoms with Gasteiger partial charge in [-0.15, -0.1) is 0 Å². The molecule has 0 aliphatic carbocycles. The van der Waals surface area contributed by atoms with Crippen molar-refractivity contribution in [3.8, 4) is 0 Å². The summed E-state index contributed by atoms with van der Waals surface area (Å²) in [5.41, 5.74) is 2.79. The summed E-state index contributed by atoms with van der Waals surface area (Å²) in [6, 6.07) is 21.8. The van der Waals surface area contributed by atoms with Crippen LogP contribution in [0.5, 0.6) is 0 Å². The molecule has 2 heteroatoms. The third-order valence-electron chi connectivity index (χ3n) is 3.66. The summed E-state index contributed by atoms with van der Waals surface area (Å²) in [5.74, 6) is 0.708. The molecule has 1 atom stereocenters. The van der Waals surface area contributed by atoms with Gasteiger partial charge in [-0.3, -0.25) is 0 Å². The van der Waals surface area contributed by atoms with Crippen LogP contribution < -0.4 is 0 Å². The maximum absolute atomic E-state index is 6.18. The lowest BCUT2D eigenvalue weighted by Gasteiger charge is -2.11. The summed E-state index contributed by atoms with van der Waals surface area (Å²) >= 11 is 6.18. The van der Waals surface area contributed by atoms with Gasteiger partial charge in [0.05, 0.1) is 0 Å². The number of aryl methyl sites for hydroxylation is 1. The van der Waals surface area contributed by atoms with Crippen LogP contribution >= 0.6 is 11.6 Å². The van der Waals surface area contributed by atoms with Gasteiger partial charge in [-0.25, -0.2) is 0 Å². The van der Waals surface area contributed by atoms with Crippen LogP contribution in [0.3, 0.4) is 0 Å². The van der Waals surface area contributed by atoms with Gasteiger partial charge >= 0.3 is 0 Å². The van der Waals surface area contributed by atoms with Crippen molar-refractivity contribution in [2.24, 2.45) is 0 Å². The van der Waals surface area contributed by atoms with Crippen molar-refractivity contribution in [2.75, 3.05) is 0 Å². The van der Waals surface area contributed by atoms with Gasteiger partial charge in [0.25, 0.3) is 0 Å². The molecule has 19 heavy (non-hydrogen) atoms. The Morgan fingerprint density at radius 2 is 1.68 bits per heavy atom. The Morgan fingerprint density at radius 1 is 1.00 bits per heavy atom. The molecule has 0 spiro atoms. The molecule has 0 fully saturated rings. The molecule has 2 aromatic rings. The predicted molar refractivity (Wildman–Crippen MR) is 88.2 cm³/mol. The van der Waals surface area contributed by atoms with Gasteiger partial charge in [0.2, 0.25) is 0 Å². The molecular weight excluding hydrogens is 268 g/mol. The molecule has 2 aromatic carbocycles. The van der Waals surface area contributed by atoms with E-state index in [2.05, 4.69) is 49.4 Å². The number of hydrogen-bond acceptors (Lipinski definition) is 0. The van der Waals surface area contributed by atoms with E-state index in [1.54, 1.807) is 0 Å². The Labute approximate surface area is 123 Å². The van der Waals surface area contributed by atoms with E-state index < -0.39 is 0 Å². The normalized spacial score (nSPS) is 12.9. The zero-order valence-electron chi connectivity index (χ0n) is 11.5. The fourth-order valence-corrected chi connectivity index (χ4v) is 4.51. The molecular formula is C17H21ClSi. The summed E-state index contributed by atoms with van der Waals surface area (Å²) in [6.07, 6.45) is 1.15. The maximum atomic E-state index is 6.18. The fourth-order valence-electron chi connectivity index (χ4n) is 2.42. The Bertz CT molecular complexity index is 496. The van der Waals surface area contributed by atoms with Crippen molar-refractivity contribution in [1.29, 1.82) is 0 Å². The van der Waals surface area contributed by atoms with Gasteiger partial charge in [-0.05, 0) is 29.5 Å². The lowest BCUT2D eigenvalue weighted by molar-refractivity contribution is 0.854. The highest BCUT2D eigenvalue weighted by Crippen LogP contribution is 2.20. The Kier molecular flexibility index (Phi) is 5.68. The first-order valence-electron chi connectivity index (χ1n) is 7.05. The Hall–Kier alpha value is -1.05. The summed E-state index contributed by atoms with van der Waals surface area (Å²) in [4.78, 5) is 0. The number of hydrogen-bond donors (Lipinski definition) is 0. The molecule has 0 aliphatic heterocycles. The van der Waals surface area contributed by atoms with Crippen LogP contribution in [0.1, 0.15) is 24.0 Å². The summed E-state index contributed by atoms with van der Waals surface area (Å²) in [6.45, 7) is 2.35. The summed E-state index contributed by atoms with van der Waals surface area (Å²) in [7, 11) is 0.00159. The van der Waals surface area contributed by atoms with E-state index in [1.165, 1.54) is 23.2 Å². The molecule has 0 saturated heterocycles. The van der Waals surface area contributed by atoms with E-state index in [0.717, 1.165) is 11.4 Å². The molecule has 2 rings (SSSR count). The van der Waals surface area contributed by atoms with Gasteiger partial charge in [-0.1, -0.05) is 79.1 Å². The summed E-state index contributed by atoms with van der Waals surface area (Å²) in [5, 5.41) is 0.924. The van der Waals surface area contributed by atoms with Crippen LogP contribution in [0.15, 0.2) is 54.6 Å². The minimum atomic E-state index is 0.00159. The van der Waals surface area contributed by atoms with Gasteiger partial charge in [0.1, 0.15) is 0 Å². The van der Waals surface area contributed by atoms with Crippen LogP contribution in [-0.4, -0.2) is 9.52 Å². The van der Waals surface area contributed by atoms with Gasteiger partial charge in [0, 0.05) is 14.5 Å². The van der Waals surface area contributed by atoms with Crippen molar-refractivity contribution in [3.05, 3.63) is 70.7 Å². The highest BCUT2D eigenvalue weighted by molar-refractivity contribution is 6.36. The van der Waals surface area contributed by atoms with Crippen molar-refractivity contribution in [1.82, 2.24) is 0 Å². The highest BCUT2D eigenvalue weighted by Gasteiger charge is 2.05. The van der Waals surface area contributed by atoms with E-state index in [0.29, 0.717) is 5.92 Å². The third-order valence-corrected chi connectivity index (χ3v) is 6.16. The molecule has 0 amide bonds. The molecule has 100 valence electrons. The SMILES string of the molecule is CC(C[SiH2]CCc1ccccc1Cl)c1ccccc1.